The molecule has 0 bridgehead atoms. The molecule has 0 unspecified atom stereocenters. The first kappa shape index (κ1) is 11.9. The maximum absolute atomic E-state index is 13.3. The molecule has 0 fully saturated rings. The Kier molecular flexibility index (Phi) is 4.05. The van der Waals surface area contributed by atoms with Gasteiger partial charge >= 0.3 is 0 Å². The zero-order chi connectivity index (χ0) is 11.4. The van der Waals surface area contributed by atoms with Crippen molar-refractivity contribution in [3.05, 3.63) is 34.4 Å². The summed E-state index contributed by atoms with van der Waals surface area (Å²) in [7, 11) is 1.33. The molecule has 0 aliphatic rings. The second-order valence-corrected chi connectivity index (χ2v) is 3.15. The Labute approximate surface area is 91.3 Å². The third-order valence-corrected chi connectivity index (χ3v) is 2.07. The number of hydrogen-bond donors (Lipinski definition) is 1. The molecule has 0 saturated carbocycles. The van der Waals surface area contributed by atoms with Crippen LogP contribution in [0.25, 0.3) is 6.08 Å². The average Bonchev–Trinajstić information content (AvgIpc) is 2.21. The molecular formula is C10H10ClF2NO. The fourth-order valence-corrected chi connectivity index (χ4v) is 1.41. The van der Waals surface area contributed by atoms with Crippen molar-refractivity contribution in [3.63, 3.8) is 0 Å². The van der Waals surface area contributed by atoms with E-state index in [1.165, 1.54) is 19.3 Å². The van der Waals surface area contributed by atoms with Gasteiger partial charge in [0, 0.05) is 6.54 Å². The van der Waals surface area contributed by atoms with Gasteiger partial charge in [0.15, 0.2) is 11.6 Å². The van der Waals surface area contributed by atoms with E-state index in [-0.39, 0.29) is 22.9 Å². The minimum atomic E-state index is -1.02. The summed E-state index contributed by atoms with van der Waals surface area (Å²) in [4.78, 5) is 0. The molecule has 2 N–H and O–H groups in total. The van der Waals surface area contributed by atoms with Gasteiger partial charge in [-0.15, -0.1) is 0 Å². The van der Waals surface area contributed by atoms with Crippen LogP contribution in [-0.2, 0) is 0 Å². The second-order valence-electron chi connectivity index (χ2n) is 2.74. The number of hydrogen-bond acceptors (Lipinski definition) is 2. The third-order valence-electron chi connectivity index (χ3n) is 1.79. The largest absolute Gasteiger partial charge is 0.494 e. The van der Waals surface area contributed by atoms with Crippen molar-refractivity contribution in [1.82, 2.24) is 0 Å². The standard InChI is InChI=1S/C10H10ClF2NO/c1-15-10-6(3-2-4-14)9(13)8(12)5-7(10)11/h2-3,5H,4,14H2,1H3/b3-2+. The molecule has 0 atom stereocenters. The van der Waals surface area contributed by atoms with E-state index in [1.807, 2.05) is 0 Å². The summed E-state index contributed by atoms with van der Waals surface area (Å²) in [5.74, 6) is -1.92. The summed E-state index contributed by atoms with van der Waals surface area (Å²) < 4.78 is 31.2. The van der Waals surface area contributed by atoms with Crippen LogP contribution < -0.4 is 10.5 Å². The molecule has 0 aliphatic heterocycles. The van der Waals surface area contributed by atoms with Crippen molar-refractivity contribution >= 4 is 17.7 Å². The Morgan fingerprint density at radius 3 is 2.73 bits per heavy atom. The first-order valence-corrected chi connectivity index (χ1v) is 4.57. The van der Waals surface area contributed by atoms with Crippen LogP contribution in [0, 0.1) is 11.6 Å². The summed E-state index contributed by atoms with van der Waals surface area (Å²) in [5, 5.41) is 0.0214. The summed E-state index contributed by atoms with van der Waals surface area (Å²) >= 11 is 5.69. The highest BCUT2D eigenvalue weighted by atomic mass is 35.5. The third kappa shape index (κ3) is 2.46. The van der Waals surface area contributed by atoms with Crippen LogP contribution in [0.4, 0.5) is 8.78 Å². The molecule has 0 spiro atoms. The van der Waals surface area contributed by atoms with Gasteiger partial charge in [-0.1, -0.05) is 23.8 Å². The average molecular weight is 234 g/mol. The van der Waals surface area contributed by atoms with Crippen molar-refractivity contribution in [3.8, 4) is 5.75 Å². The van der Waals surface area contributed by atoms with Crippen molar-refractivity contribution < 1.29 is 13.5 Å². The maximum atomic E-state index is 13.3. The van der Waals surface area contributed by atoms with Gasteiger partial charge in [-0.3, -0.25) is 0 Å². The van der Waals surface area contributed by atoms with Gasteiger partial charge in [0.25, 0.3) is 0 Å². The van der Waals surface area contributed by atoms with Crippen LogP contribution in [0.5, 0.6) is 5.75 Å². The molecule has 1 rings (SSSR count). The highest BCUT2D eigenvalue weighted by molar-refractivity contribution is 6.32. The van der Waals surface area contributed by atoms with Crippen LogP contribution in [0.15, 0.2) is 12.1 Å². The lowest BCUT2D eigenvalue weighted by Crippen LogP contribution is -1.97. The zero-order valence-corrected chi connectivity index (χ0v) is 8.81. The maximum Gasteiger partial charge on any atom is 0.169 e. The van der Waals surface area contributed by atoms with Crippen molar-refractivity contribution in [2.45, 2.75) is 0 Å². The molecule has 0 aliphatic carbocycles. The first-order valence-electron chi connectivity index (χ1n) is 4.20. The van der Waals surface area contributed by atoms with E-state index in [0.29, 0.717) is 0 Å². The van der Waals surface area contributed by atoms with Crippen LogP contribution >= 0.6 is 11.6 Å². The van der Waals surface area contributed by atoms with Crippen LogP contribution in [-0.4, -0.2) is 13.7 Å². The quantitative estimate of drug-likeness (QED) is 0.815. The fourth-order valence-electron chi connectivity index (χ4n) is 1.14. The zero-order valence-electron chi connectivity index (χ0n) is 8.06. The lowest BCUT2D eigenvalue weighted by Gasteiger charge is -2.08. The minimum Gasteiger partial charge on any atom is -0.494 e. The van der Waals surface area contributed by atoms with E-state index in [0.717, 1.165) is 6.07 Å². The number of halogens is 3. The normalized spacial score (nSPS) is 11.0. The Bertz CT molecular complexity index is 393. The van der Waals surface area contributed by atoms with Gasteiger partial charge in [0.2, 0.25) is 0 Å². The summed E-state index contributed by atoms with van der Waals surface area (Å²) in [6, 6.07) is 0.871. The highest BCUT2D eigenvalue weighted by Crippen LogP contribution is 2.33. The van der Waals surface area contributed by atoms with Gasteiger partial charge in [0.1, 0.15) is 5.75 Å². The lowest BCUT2D eigenvalue weighted by molar-refractivity contribution is 0.405. The van der Waals surface area contributed by atoms with Crippen molar-refractivity contribution in [2.75, 3.05) is 13.7 Å². The van der Waals surface area contributed by atoms with Gasteiger partial charge in [-0.2, -0.15) is 0 Å². The SMILES string of the molecule is COc1c(Cl)cc(F)c(F)c1/C=C/CN. The van der Waals surface area contributed by atoms with Crippen LogP contribution in [0.3, 0.4) is 0 Å². The summed E-state index contributed by atoms with van der Waals surface area (Å²) in [6.07, 6.45) is 2.82. The monoisotopic (exact) mass is 233 g/mol. The van der Waals surface area contributed by atoms with E-state index in [2.05, 4.69) is 0 Å². The highest BCUT2D eigenvalue weighted by Gasteiger charge is 2.15. The van der Waals surface area contributed by atoms with E-state index in [1.54, 1.807) is 0 Å². The molecule has 0 amide bonds. The number of methoxy groups -OCH3 is 1. The molecule has 0 radical (unpaired) electrons. The Morgan fingerprint density at radius 2 is 2.20 bits per heavy atom. The van der Waals surface area contributed by atoms with Crippen LogP contribution in [0.2, 0.25) is 5.02 Å². The molecular weight excluding hydrogens is 224 g/mol. The smallest absolute Gasteiger partial charge is 0.169 e. The van der Waals surface area contributed by atoms with Gasteiger partial charge in [0.05, 0.1) is 17.7 Å². The molecule has 0 saturated heterocycles. The Morgan fingerprint density at radius 1 is 1.53 bits per heavy atom. The molecule has 2 nitrogen and oxygen atoms in total. The van der Waals surface area contributed by atoms with Gasteiger partial charge < -0.3 is 10.5 Å². The van der Waals surface area contributed by atoms with E-state index in [4.69, 9.17) is 22.1 Å². The van der Waals surface area contributed by atoms with Gasteiger partial charge in [-0.05, 0) is 6.07 Å². The second kappa shape index (κ2) is 5.09. The predicted molar refractivity (Wildman–Crippen MR) is 56.0 cm³/mol. The minimum absolute atomic E-state index is 0.0214. The molecule has 1 aromatic rings. The molecule has 5 heteroatoms. The number of rotatable bonds is 3. The first-order chi connectivity index (χ1) is 7.11. The van der Waals surface area contributed by atoms with E-state index >= 15 is 0 Å². The summed E-state index contributed by atoms with van der Waals surface area (Å²) in [5.41, 5.74) is 5.18. The molecule has 0 aromatic heterocycles. The number of benzene rings is 1. The predicted octanol–water partition coefficient (Wildman–Crippen LogP) is 2.60. The molecule has 1 aromatic carbocycles. The Hall–Kier alpha value is -1.13. The topological polar surface area (TPSA) is 35.2 Å². The summed E-state index contributed by atoms with van der Waals surface area (Å²) in [6.45, 7) is 0.219. The molecule has 15 heavy (non-hydrogen) atoms. The fraction of sp³-hybridized carbons (Fsp3) is 0.200. The number of ether oxygens (including phenoxy) is 1. The Balaban J connectivity index is 3.36. The molecule has 0 heterocycles. The molecule has 82 valence electrons. The van der Waals surface area contributed by atoms with Crippen molar-refractivity contribution in [2.24, 2.45) is 5.73 Å². The van der Waals surface area contributed by atoms with E-state index in [9.17, 15) is 8.78 Å². The number of nitrogens with two attached hydrogens (primary N) is 1. The van der Waals surface area contributed by atoms with Crippen molar-refractivity contribution in [1.29, 1.82) is 0 Å². The lowest BCUT2D eigenvalue weighted by atomic mass is 10.1. The van der Waals surface area contributed by atoms with E-state index < -0.39 is 11.6 Å². The van der Waals surface area contributed by atoms with Gasteiger partial charge in [-0.25, -0.2) is 8.78 Å². The van der Waals surface area contributed by atoms with Crippen LogP contribution in [0.1, 0.15) is 5.56 Å².